The Labute approximate surface area is 101 Å². The van der Waals surface area contributed by atoms with Gasteiger partial charge < -0.3 is 4.57 Å². The third-order valence-corrected chi connectivity index (χ3v) is 5.60. The standard InChI is InChI=1S/C10H18N4O2S/c1-14-6-5-12-10(14)9(13-11)8-4-2-3-7-17(8,15)16/h5-6,8-9,13H,2-4,7,11H2,1H3. The van der Waals surface area contributed by atoms with E-state index >= 15 is 0 Å². The van der Waals surface area contributed by atoms with Crippen LogP contribution in [0.5, 0.6) is 0 Å². The minimum Gasteiger partial charge on any atom is -0.337 e. The predicted molar refractivity (Wildman–Crippen MR) is 64.7 cm³/mol. The number of sulfone groups is 1. The van der Waals surface area contributed by atoms with Crippen LogP contribution in [0, 0.1) is 0 Å². The molecule has 2 atom stereocenters. The lowest BCUT2D eigenvalue weighted by atomic mass is 10.1. The van der Waals surface area contributed by atoms with Gasteiger partial charge in [-0.05, 0) is 12.8 Å². The molecular formula is C10H18N4O2S. The number of nitrogens with one attached hydrogen (secondary N) is 1. The van der Waals surface area contributed by atoms with Gasteiger partial charge in [0, 0.05) is 19.4 Å². The molecule has 1 aliphatic heterocycles. The Morgan fingerprint density at radius 1 is 1.59 bits per heavy atom. The normalized spacial score (nSPS) is 25.6. The molecule has 7 heteroatoms. The second-order valence-electron chi connectivity index (χ2n) is 4.44. The van der Waals surface area contributed by atoms with Crippen molar-refractivity contribution in [2.24, 2.45) is 12.9 Å². The number of aryl methyl sites for hydroxylation is 1. The molecule has 0 radical (unpaired) electrons. The molecule has 2 unspecified atom stereocenters. The first kappa shape index (κ1) is 12.5. The molecule has 6 nitrogen and oxygen atoms in total. The molecular weight excluding hydrogens is 240 g/mol. The molecule has 17 heavy (non-hydrogen) atoms. The molecule has 1 aromatic heterocycles. The summed E-state index contributed by atoms with van der Waals surface area (Å²) in [4.78, 5) is 4.18. The fourth-order valence-electron chi connectivity index (χ4n) is 2.38. The Hall–Kier alpha value is -0.920. The van der Waals surface area contributed by atoms with Gasteiger partial charge in [0.1, 0.15) is 5.82 Å². The van der Waals surface area contributed by atoms with Crippen molar-refractivity contribution >= 4 is 9.84 Å². The summed E-state index contributed by atoms with van der Waals surface area (Å²) in [5, 5.41) is -0.470. The molecule has 96 valence electrons. The topological polar surface area (TPSA) is 90.0 Å². The van der Waals surface area contributed by atoms with Crippen molar-refractivity contribution in [1.82, 2.24) is 15.0 Å². The average Bonchev–Trinajstić information content (AvgIpc) is 2.68. The number of nitrogens with zero attached hydrogens (tertiary/aromatic N) is 2. The highest BCUT2D eigenvalue weighted by molar-refractivity contribution is 7.92. The van der Waals surface area contributed by atoms with Gasteiger partial charge in [0.05, 0.1) is 17.0 Å². The zero-order valence-electron chi connectivity index (χ0n) is 9.83. The molecule has 0 amide bonds. The first-order valence-corrected chi connectivity index (χ1v) is 7.42. The second-order valence-corrected chi connectivity index (χ2v) is 6.78. The SMILES string of the molecule is Cn1ccnc1C(NN)C1CCCCS1(=O)=O. The van der Waals surface area contributed by atoms with Crippen LogP contribution in [0.3, 0.4) is 0 Å². The summed E-state index contributed by atoms with van der Waals surface area (Å²) in [5.41, 5.74) is 2.61. The van der Waals surface area contributed by atoms with Gasteiger partial charge in [-0.1, -0.05) is 6.42 Å². The monoisotopic (exact) mass is 258 g/mol. The molecule has 0 aromatic carbocycles. The number of rotatable bonds is 3. The van der Waals surface area contributed by atoms with Gasteiger partial charge in [-0.25, -0.2) is 18.8 Å². The van der Waals surface area contributed by atoms with Crippen molar-refractivity contribution in [3.8, 4) is 0 Å². The molecule has 1 saturated heterocycles. The molecule has 0 saturated carbocycles. The largest absolute Gasteiger partial charge is 0.337 e. The Kier molecular flexibility index (Phi) is 3.50. The fraction of sp³-hybridized carbons (Fsp3) is 0.700. The summed E-state index contributed by atoms with van der Waals surface area (Å²) in [7, 11) is -1.24. The number of hydrazine groups is 1. The first-order valence-electron chi connectivity index (χ1n) is 5.71. The number of aromatic nitrogens is 2. The highest BCUT2D eigenvalue weighted by atomic mass is 32.2. The lowest BCUT2D eigenvalue weighted by Gasteiger charge is -2.29. The third-order valence-electron chi connectivity index (χ3n) is 3.32. The summed E-state index contributed by atoms with van der Waals surface area (Å²) >= 11 is 0. The van der Waals surface area contributed by atoms with E-state index in [1.807, 2.05) is 7.05 Å². The van der Waals surface area contributed by atoms with E-state index in [2.05, 4.69) is 10.4 Å². The minimum atomic E-state index is -3.07. The number of nitrogens with two attached hydrogens (primary N) is 1. The number of hydrogen-bond acceptors (Lipinski definition) is 5. The van der Waals surface area contributed by atoms with Crippen LogP contribution in [0.1, 0.15) is 31.1 Å². The van der Waals surface area contributed by atoms with Crippen molar-refractivity contribution < 1.29 is 8.42 Å². The van der Waals surface area contributed by atoms with Crippen LogP contribution in [0.25, 0.3) is 0 Å². The Bertz CT molecular complexity index is 482. The van der Waals surface area contributed by atoms with Gasteiger partial charge in [0.15, 0.2) is 9.84 Å². The first-order chi connectivity index (χ1) is 8.06. The summed E-state index contributed by atoms with van der Waals surface area (Å²) < 4.78 is 25.9. The quantitative estimate of drug-likeness (QED) is 0.583. The van der Waals surface area contributed by atoms with E-state index in [1.165, 1.54) is 0 Å². The summed E-state index contributed by atoms with van der Waals surface area (Å²) in [5.74, 6) is 6.44. The van der Waals surface area contributed by atoms with E-state index < -0.39 is 21.1 Å². The van der Waals surface area contributed by atoms with E-state index in [9.17, 15) is 8.42 Å². The summed E-state index contributed by atoms with van der Waals surface area (Å²) in [6, 6.07) is -0.430. The van der Waals surface area contributed by atoms with Gasteiger partial charge in [0.2, 0.25) is 0 Å². The van der Waals surface area contributed by atoms with Crippen LogP contribution in [-0.4, -0.2) is 29.0 Å². The summed E-state index contributed by atoms with van der Waals surface area (Å²) in [6.45, 7) is 0. The van der Waals surface area contributed by atoms with E-state index in [4.69, 9.17) is 5.84 Å². The molecule has 1 fully saturated rings. The van der Waals surface area contributed by atoms with Crippen LogP contribution in [0.4, 0.5) is 0 Å². The third kappa shape index (κ3) is 2.36. The molecule has 2 rings (SSSR count). The second kappa shape index (κ2) is 4.75. The Balaban J connectivity index is 2.33. The smallest absolute Gasteiger partial charge is 0.155 e. The van der Waals surface area contributed by atoms with Gasteiger partial charge in [-0.3, -0.25) is 5.84 Å². The fourth-order valence-corrected chi connectivity index (χ4v) is 4.43. The lowest BCUT2D eigenvalue weighted by Crippen LogP contribution is -2.44. The molecule has 1 aromatic rings. The van der Waals surface area contributed by atoms with Crippen molar-refractivity contribution in [2.75, 3.05) is 5.75 Å². The van der Waals surface area contributed by atoms with Gasteiger partial charge in [-0.2, -0.15) is 0 Å². The molecule has 0 spiro atoms. The average molecular weight is 258 g/mol. The van der Waals surface area contributed by atoms with Crippen LogP contribution in [0.2, 0.25) is 0 Å². The van der Waals surface area contributed by atoms with Crippen molar-refractivity contribution in [2.45, 2.75) is 30.6 Å². The van der Waals surface area contributed by atoms with Crippen molar-refractivity contribution in [3.05, 3.63) is 18.2 Å². The minimum absolute atomic E-state index is 0.250. The van der Waals surface area contributed by atoms with Crippen molar-refractivity contribution in [3.63, 3.8) is 0 Å². The lowest BCUT2D eigenvalue weighted by molar-refractivity contribution is 0.432. The van der Waals surface area contributed by atoms with Gasteiger partial charge in [0.25, 0.3) is 0 Å². The Morgan fingerprint density at radius 3 is 2.88 bits per heavy atom. The number of hydrogen-bond donors (Lipinski definition) is 2. The molecule has 2 heterocycles. The zero-order valence-corrected chi connectivity index (χ0v) is 10.7. The van der Waals surface area contributed by atoms with Crippen LogP contribution < -0.4 is 11.3 Å². The van der Waals surface area contributed by atoms with E-state index in [0.29, 0.717) is 12.2 Å². The predicted octanol–water partition coefficient (Wildman–Crippen LogP) is -0.108. The highest BCUT2D eigenvalue weighted by Crippen LogP contribution is 2.29. The molecule has 0 aliphatic carbocycles. The van der Waals surface area contributed by atoms with Crippen LogP contribution in [-0.2, 0) is 16.9 Å². The van der Waals surface area contributed by atoms with Crippen LogP contribution in [0.15, 0.2) is 12.4 Å². The van der Waals surface area contributed by atoms with E-state index in [1.54, 1.807) is 17.0 Å². The molecule has 3 N–H and O–H groups in total. The van der Waals surface area contributed by atoms with E-state index in [0.717, 1.165) is 12.8 Å². The van der Waals surface area contributed by atoms with Crippen LogP contribution >= 0.6 is 0 Å². The zero-order chi connectivity index (χ0) is 12.5. The van der Waals surface area contributed by atoms with Crippen molar-refractivity contribution in [1.29, 1.82) is 0 Å². The van der Waals surface area contributed by atoms with Gasteiger partial charge in [-0.15, -0.1) is 0 Å². The molecule has 0 bridgehead atoms. The van der Waals surface area contributed by atoms with E-state index in [-0.39, 0.29) is 5.75 Å². The highest BCUT2D eigenvalue weighted by Gasteiger charge is 2.37. The maximum atomic E-state index is 12.1. The maximum absolute atomic E-state index is 12.1. The van der Waals surface area contributed by atoms with Gasteiger partial charge >= 0.3 is 0 Å². The summed E-state index contributed by atoms with van der Waals surface area (Å²) in [6.07, 6.45) is 5.75. The molecule has 1 aliphatic rings. The Morgan fingerprint density at radius 2 is 2.35 bits per heavy atom. The number of imidazole rings is 1. The maximum Gasteiger partial charge on any atom is 0.155 e.